The van der Waals surface area contributed by atoms with Gasteiger partial charge in [0.15, 0.2) is 0 Å². The van der Waals surface area contributed by atoms with Crippen molar-refractivity contribution in [2.24, 2.45) is 0 Å². The molecule has 2 rings (SSSR count). The Kier molecular flexibility index (Phi) is 6.51. The highest BCUT2D eigenvalue weighted by Gasteiger charge is 2.36. The van der Waals surface area contributed by atoms with E-state index in [9.17, 15) is 26.4 Å². The average molecular weight is 394 g/mol. The Labute approximate surface area is 150 Å². The number of para-hydroxylation sites is 1. The van der Waals surface area contributed by atoms with Gasteiger partial charge in [-0.25, -0.2) is 8.42 Å². The van der Waals surface area contributed by atoms with Crippen LogP contribution in [0.25, 0.3) is 0 Å². The van der Waals surface area contributed by atoms with Crippen LogP contribution >= 0.6 is 0 Å². The molecule has 0 bridgehead atoms. The van der Waals surface area contributed by atoms with Crippen LogP contribution in [0, 0.1) is 0 Å². The summed E-state index contributed by atoms with van der Waals surface area (Å²) in [6, 6.07) is 4.39. The normalized spacial score (nSPS) is 17.9. The standard InChI is InChI=1S/C16H21F3N2O4S/c1-26(23,24)21(14-7-3-2-6-13(14)16(17,18)19)9-8-15(22)20-11-12-5-4-10-25-12/h2-3,6-7,12H,4-5,8-11H2,1H3,(H,20,22). The van der Waals surface area contributed by atoms with E-state index >= 15 is 0 Å². The molecule has 1 aliphatic rings. The van der Waals surface area contributed by atoms with Crippen molar-refractivity contribution >= 4 is 21.6 Å². The van der Waals surface area contributed by atoms with E-state index in [-0.39, 0.29) is 19.1 Å². The van der Waals surface area contributed by atoms with E-state index in [1.165, 1.54) is 12.1 Å². The third-order valence-electron chi connectivity index (χ3n) is 3.97. The third-order valence-corrected chi connectivity index (χ3v) is 5.15. The summed E-state index contributed by atoms with van der Waals surface area (Å²) in [6.07, 6.45) is -2.49. The molecule has 0 radical (unpaired) electrons. The summed E-state index contributed by atoms with van der Waals surface area (Å²) in [5, 5.41) is 2.62. The number of anilines is 1. The number of carbonyl (C=O) groups excluding carboxylic acids is 1. The fourth-order valence-corrected chi connectivity index (χ4v) is 3.66. The van der Waals surface area contributed by atoms with E-state index in [1.807, 2.05) is 0 Å². The van der Waals surface area contributed by atoms with Gasteiger partial charge in [0.05, 0.1) is 23.6 Å². The van der Waals surface area contributed by atoms with Crippen LogP contribution in [0.1, 0.15) is 24.8 Å². The van der Waals surface area contributed by atoms with Gasteiger partial charge in [-0.05, 0) is 25.0 Å². The first-order chi connectivity index (χ1) is 12.1. The second-order valence-electron chi connectivity index (χ2n) is 6.04. The topological polar surface area (TPSA) is 75.7 Å². The van der Waals surface area contributed by atoms with Gasteiger partial charge in [-0.2, -0.15) is 13.2 Å². The molecule has 0 aliphatic carbocycles. The molecular weight excluding hydrogens is 373 g/mol. The van der Waals surface area contributed by atoms with Crippen LogP contribution in [0.15, 0.2) is 24.3 Å². The van der Waals surface area contributed by atoms with Crippen molar-refractivity contribution in [2.75, 3.05) is 30.3 Å². The van der Waals surface area contributed by atoms with Gasteiger partial charge in [0.1, 0.15) is 0 Å². The number of sulfonamides is 1. The predicted octanol–water partition coefficient (Wildman–Crippen LogP) is 2.16. The van der Waals surface area contributed by atoms with Gasteiger partial charge in [0.25, 0.3) is 0 Å². The first kappa shape index (κ1) is 20.5. The largest absolute Gasteiger partial charge is 0.418 e. The van der Waals surface area contributed by atoms with Gasteiger partial charge in [-0.15, -0.1) is 0 Å². The maximum Gasteiger partial charge on any atom is 0.418 e. The lowest BCUT2D eigenvalue weighted by molar-refractivity contribution is -0.137. The van der Waals surface area contributed by atoms with Gasteiger partial charge in [-0.3, -0.25) is 9.10 Å². The molecule has 1 N–H and O–H groups in total. The smallest absolute Gasteiger partial charge is 0.376 e. The molecule has 1 heterocycles. The number of benzene rings is 1. The number of alkyl halides is 3. The summed E-state index contributed by atoms with van der Waals surface area (Å²) in [4.78, 5) is 11.9. The maximum absolute atomic E-state index is 13.2. The summed E-state index contributed by atoms with van der Waals surface area (Å²) in [5.74, 6) is -0.446. The molecule has 0 spiro atoms. The summed E-state index contributed by atoms with van der Waals surface area (Å²) in [7, 11) is -4.00. The molecule has 1 amide bonds. The Morgan fingerprint density at radius 2 is 2.04 bits per heavy atom. The molecular formula is C16H21F3N2O4S. The number of hydrogen-bond donors (Lipinski definition) is 1. The van der Waals surface area contributed by atoms with Crippen LogP contribution in [-0.2, 0) is 25.7 Å². The van der Waals surface area contributed by atoms with Gasteiger partial charge in [-0.1, -0.05) is 12.1 Å². The summed E-state index contributed by atoms with van der Waals surface area (Å²) in [5.41, 5.74) is -1.56. The zero-order chi connectivity index (χ0) is 19.4. The highest BCUT2D eigenvalue weighted by Crippen LogP contribution is 2.37. The zero-order valence-corrected chi connectivity index (χ0v) is 15.1. The van der Waals surface area contributed by atoms with Gasteiger partial charge >= 0.3 is 6.18 Å². The highest BCUT2D eigenvalue weighted by atomic mass is 32.2. The highest BCUT2D eigenvalue weighted by molar-refractivity contribution is 7.92. The molecule has 1 aromatic carbocycles. The number of rotatable bonds is 7. The molecule has 1 fully saturated rings. The Morgan fingerprint density at radius 3 is 2.62 bits per heavy atom. The van der Waals surface area contributed by atoms with E-state index in [0.717, 1.165) is 31.2 Å². The molecule has 0 aromatic heterocycles. The Hall–Kier alpha value is -1.81. The van der Waals surface area contributed by atoms with Crippen LogP contribution in [0.3, 0.4) is 0 Å². The molecule has 6 nitrogen and oxygen atoms in total. The van der Waals surface area contributed by atoms with Crippen molar-refractivity contribution < 1.29 is 31.1 Å². The molecule has 26 heavy (non-hydrogen) atoms. The van der Waals surface area contributed by atoms with Gasteiger partial charge < -0.3 is 10.1 Å². The van der Waals surface area contributed by atoms with Crippen LogP contribution in [0.2, 0.25) is 0 Å². The van der Waals surface area contributed by atoms with Crippen LogP contribution < -0.4 is 9.62 Å². The van der Waals surface area contributed by atoms with E-state index in [2.05, 4.69) is 5.32 Å². The maximum atomic E-state index is 13.2. The van der Waals surface area contributed by atoms with E-state index < -0.39 is 33.4 Å². The fourth-order valence-electron chi connectivity index (χ4n) is 2.72. The second-order valence-corrected chi connectivity index (χ2v) is 7.95. The van der Waals surface area contributed by atoms with Crippen LogP contribution in [-0.4, -0.2) is 46.4 Å². The second kappa shape index (κ2) is 8.26. The number of ether oxygens (including phenoxy) is 1. The number of nitrogens with zero attached hydrogens (tertiary/aromatic N) is 1. The number of amides is 1. The predicted molar refractivity (Wildman–Crippen MR) is 90.2 cm³/mol. The molecule has 1 saturated heterocycles. The Balaban J connectivity index is 2.08. The van der Waals surface area contributed by atoms with Crippen molar-refractivity contribution in [3.63, 3.8) is 0 Å². The van der Waals surface area contributed by atoms with E-state index in [4.69, 9.17) is 4.74 Å². The number of nitrogens with one attached hydrogen (secondary N) is 1. The molecule has 146 valence electrons. The summed E-state index contributed by atoms with van der Waals surface area (Å²) < 4.78 is 69.5. The number of hydrogen-bond acceptors (Lipinski definition) is 4. The third kappa shape index (κ3) is 5.60. The first-order valence-electron chi connectivity index (χ1n) is 8.11. The first-order valence-corrected chi connectivity index (χ1v) is 9.96. The van der Waals surface area contributed by atoms with E-state index in [1.54, 1.807) is 0 Å². The lowest BCUT2D eigenvalue weighted by Gasteiger charge is -2.25. The summed E-state index contributed by atoms with van der Waals surface area (Å²) in [6.45, 7) is 0.552. The van der Waals surface area contributed by atoms with Gasteiger partial charge in [0.2, 0.25) is 15.9 Å². The minimum absolute atomic E-state index is 0.0732. The fraction of sp³-hybridized carbons (Fsp3) is 0.562. The zero-order valence-electron chi connectivity index (χ0n) is 14.3. The van der Waals surface area contributed by atoms with E-state index in [0.29, 0.717) is 17.5 Å². The minimum Gasteiger partial charge on any atom is -0.376 e. The monoisotopic (exact) mass is 394 g/mol. The molecule has 1 unspecified atom stereocenters. The van der Waals surface area contributed by atoms with Gasteiger partial charge in [0, 0.05) is 26.1 Å². The summed E-state index contributed by atoms with van der Waals surface area (Å²) >= 11 is 0. The van der Waals surface area contributed by atoms with Crippen molar-refractivity contribution in [3.05, 3.63) is 29.8 Å². The number of carbonyl (C=O) groups is 1. The Bertz CT molecular complexity index is 731. The number of halogens is 3. The van der Waals surface area contributed by atoms with Crippen molar-refractivity contribution in [1.82, 2.24) is 5.32 Å². The van der Waals surface area contributed by atoms with Crippen molar-refractivity contribution in [2.45, 2.75) is 31.5 Å². The van der Waals surface area contributed by atoms with Crippen LogP contribution in [0.4, 0.5) is 18.9 Å². The molecule has 1 aromatic rings. The SMILES string of the molecule is CS(=O)(=O)N(CCC(=O)NCC1CCCO1)c1ccccc1C(F)(F)F. The average Bonchev–Trinajstić information content (AvgIpc) is 3.05. The minimum atomic E-state index is -4.71. The van der Waals surface area contributed by atoms with Crippen LogP contribution in [0.5, 0.6) is 0 Å². The molecule has 0 saturated carbocycles. The molecule has 1 atom stereocenters. The van der Waals surface area contributed by atoms with Crippen molar-refractivity contribution in [1.29, 1.82) is 0 Å². The van der Waals surface area contributed by atoms with Crippen molar-refractivity contribution in [3.8, 4) is 0 Å². The lowest BCUT2D eigenvalue weighted by Crippen LogP contribution is -2.37. The molecule has 1 aliphatic heterocycles. The Morgan fingerprint density at radius 1 is 1.35 bits per heavy atom. The molecule has 10 heteroatoms. The lowest BCUT2D eigenvalue weighted by atomic mass is 10.1. The quantitative estimate of drug-likeness (QED) is 0.769.